The summed E-state index contributed by atoms with van der Waals surface area (Å²) in [4.78, 5) is 15.7. The molecule has 0 saturated carbocycles. The minimum absolute atomic E-state index is 0.249. The molecule has 7 heteroatoms. The number of hydrogen-bond donors (Lipinski definition) is 1. The van der Waals surface area contributed by atoms with Crippen LogP contribution in [0.15, 0.2) is 16.7 Å². The van der Waals surface area contributed by atoms with Gasteiger partial charge in [0.1, 0.15) is 5.15 Å². The van der Waals surface area contributed by atoms with Crippen molar-refractivity contribution < 1.29 is 14.3 Å². The van der Waals surface area contributed by atoms with Crippen molar-refractivity contribution in [2.45, 2.75) is 6.10 Å². The molecule has 1 aliphatic heterocycles. The third-order valence-electron chi connectivity index (χ3n) is 2.17. The number of hydrogen-bond acceptors (Lipinski definition) is 4. The summed E-state index contributed by atoms with van der Waals surface area (Å²) in [5.74, 6) is -0.249. The van der Waals surface area contributed by atoms with Crippen LogP contribution in [0.3, 0.4) is 0 Å². The number of carbonyl (C=O) groups excluding carboxylic acids is 1. The summed E-state index contributed by atoms with van der Waals surface area (Å²) in [6.45, 7) is 1.23. The Morgan fingerprint density at radius 2 is 2.41 bits per heavy atom. The third-order valence-corrected chi connectivity index (χ3v) is 3.31. The molecule has 1 unspecified atom stereocenters. The van der Waals surface area contributed by atoms with E-state index in [1.54, 1.807) is 6.07 Å². The van der Waals surface area contributed by atoms with E-state index in [2.05, 4.69) is 26.2 Å². The fourth-order valence-electron chi connectivity index (χ4n) is 1.35. The van der Waals surface area contributed by atoms with Crippen LogP contribution in [0.1, 0.15) is 0 Å². The number of nitrogens with one attached hydrogen (secondary N) is 1. The van der Waals surface area contributed by atoms with Gasteiger partial charge in [-0.1, -0.05) is 11.6 Å². The lowest BCUT2D eigenvalue weighted by molar-refractivity contribution is -0.142. The van der Waals surface area contributed by atoms with Crippen molar-refractivity contribution in [1.29, 1.82) is 0 Å². The van der Waals surface area contributed by atoms with Crippen LogP contribution >= 0.6 is 27.5 Å². The van der Waals surface area contributed by atoms with Crippen LogP contribution in [0, 0.1) is 0 Å². The van der Waals surface area contributed by atoms with Gasteiger partial charge in [0.05, 0.1) is 36.2 Å². The Morgan fingerprint density at radius 3 is 3.06 bits per heavy atom. The largest absolute Gasteiger partial charge is 0.376 e. The molecule has 2 heterocycles. The first-order valence-corrected chi connectivity index (χ1v) is 6.15. The van der Waals surface area contributed by atoms with E-state index in [0.29, 0.717) is 28.5 Å². The zero-order valence-corrected chi connectivity index (χ0v) is 11.1. The second-order valence-corrected chi connectivity index (χ2v) is 4.63. The molecule has 0 spiro atoms. The van der Waals surface area contributed by atoms with Crippen LogP contribution in [-0.4, -0.2) is 36.8 Å². The quantitative estimate of drug-likeness (QED) is 0.845. The Balaban J connectivity index is 1.99. The number of aromatic nitrogens is 1. The van der Waals surface area contributed by atoms with Crippen LogP contribution in [-0.2, 0) is 14.3 Å². The first-order valence-electron chi connectivity index (χ1n) is 4.98. The molecule has 1 atom stereocenters. The maximum Gasteiger partial charge on any atom is 0.255 e. The van der Waals surface area contributed by atoms with Gasteiger partial charge in [0, 0.05) is 0 Å². The molecule has 1 amide bonds. The summed E-state index contributed by atoms with van der Waals surface area (Å²) in [6.07, 6.45) is 0.910. The Bertz CT molecular complexity index is 424. The number of rotatable bonds is 2. The second kappa shape index (κ2) is 5.77. The third kappa shape index (κ3) is 3.38. The number of carbonyl (C=O) groups is 1. The average molecular weight is 322 g/mol. The number of anilines is 1. The number of ether oxygens (including phenoxy) is 2. The zero-order chi connectivity index (χ0) is 12.3. The van der Waals surface area contributed by atoms with E-state index in [4.69, 9.17) is 21.1 Å². The van der Waals surface area contributed by atoms with E-state index < -0.39 is 6.10 Å². The van der Waals surface area contributed by atoms with Crippen molar-refractivity contribution in [1.82, 2.24) is 4.98 Å². The molecule has 1 aliphatic rings. The monoisotopic (exact) mass is 320 g/mol. The van der Waals surface area contributed by atoms with Crippen molar-refractivity contribution in [3.8, 4) is 0 Å². The average Bonchev–Trinajstić information content (AvgIpc) is 2.35. The Labute approximate surface area is 112 Å². The van der Waals surface area contributed by atoms with Crippen LogP contribution in [0.5, 0.6) is 0 Å². The van der Waals surface area contributed by atoms with Crippen molar-refractivity contribution in [2.75, 3.05) is 25.1 Å². The van der Waals surface area contributed by atoms with Crippen molar-refractivity contribution in [2.24, 2.45) is 0 Å². The van der Waals surface area contributed by atoms with E-state index in [-0.39, 0.29) is 12.5 Å². The van der Waals surface area contributed by atoms with E-state index in [1.165, 1.54) is 6.20 Å². The van der Waals surface area contributed by atoms with Gasteiger partial charge >= 0.3 is 0 Å². The molecule has 17 heavy (non-hydrogen) atoms. The number of pyridine rings is 1. The van der Waals surface area contributed by atoms with E-state index in [0.717, 1.165) is 0 Å². The highest BCUT2D eigenvalue weighted by Crippen LogP contribution is 2.23. The first-order chi connectivity index (χ1) is 8.16. The van der Waals surface area contributed by atoms with Gasteiger partial charge < -0.3 is 14.8 Å². The molecular weight excluding hydrogens is 311 g/mol. The lowest BCUT2D eigenvalue weighted by atomic mass is 10.3. The van der Waals surface area contributed by atoms with Crippen LogP contribution in [0.2, 0.25) is 5.15 Å². The van der Waals surface area contributed by atoms with E-state index in [9.17, 15) is 4.79 Å². The van der Waals surface area contributed by atoms with Gasteiger partial charge in [0.2, 0.25) is 0 Å². The van der Waals surface area contributed by atoms with Gasteiger partial charge in [-0.2, -0.15) is 0 Å². The molecule has 1 saturated heterocycles. The maximum absolute atomic E-state index is 11.8. The second-order valence-electron chi connectivity index (χ2n) is 3.42. The summed E-state index contributed by atoms with van der Waals surface area (Å²) < 4.78 is 11.0. The Hall–Kier alpha value is -0.690. The molecule has 1 aromatic heterocycles. The number of nitrogens with zero attached hydrogens (tertiary/aromatic N) is 1. The van der Waals surface area contributed by atoms with E-state index >= 15 is 0 Å². The van der Waals surface area contributed by atoms with Crippen LogP contribution < -0.4 is 5.32 Å². The van der Waals surface area contributed by atoms with Gasteiger partial charge in [-0.25, -0.2) is 4.98 Å². The van der Waals surface area contributed by atoms with Gasteiger partial charge in [-0.3, -0.25) is 4.79 Å². The summed E-state index contributed by atoms with van der Waals surface area (Å²) in [5, 5.41) is 3.03. The van der Waals surface area contributed by atoms with Crippen LogP contribution in [0.25, 0.3) is 0 Å². The highest BCUT2D eigenvalue weighted by atomic mass is 79.9. The predicted octanol–water partition coefficient (Wildman–Crippen LogP) is 1.85. The van der Waals surface area contributed by atoms with Crippen LogP contribution in [0.4, 0.5) is 5.69 Å². The lowest BCUT2D eigenvalue weighted by Crippen LogP contribution is -2.39. The molecule has 1 fully saturated rings. The fourth-order valence-corrected chi connectivity index (χ4v) is 1.80. The first kappa shape index (κ1) is 12.8. The van der Waals surface area contributed by atoms with Crippen molar-refractivity contribution in [3.05, 3.63) is 21.9 Å². The summed E-state index contributed by atoms with van der Waals surface area (Å²) in [6, 6.07) is 1.68. The Kier molecular flexibility index (Phi) is 4.33. The maximum atomic E-state index is 11.8. The Morgan fingerprint density at radius 1 is 1.59 bits per heavy atom. The standard InChI is InChI=1S/C10H10BrClN2O3/c11-7-3-6(4-13-9(7)12)14-10(15)8-5-16-1-2-17-8/h3-4,8H,1-2,5H2,(H,14,15). The summed E-state index contributed by atoms with van der Waals surface area (Å²) in [5.41, 5.74) is 0.556. The summed E-state index contributed by atoms with van der Waals surface area (Å²) in [7, 11) is 0. The minimum atomic E-state index is -0.571. The molecule has 92 valence electrons. The molecule has 1 aromatic rings. The van der Waals surface area contributed by atoms with Gasteiger partial charge in [0.25, 0.3) is 5.91 Å². The number of amides is 1. The van der Waals surface area contributed by atoms with Crippen molar-refractivity contribution >= 4 is 39.1 Å². The fraction of sp³-hybridized carbons (Fsp3) is 0.400. The topological polar surface area (TPSA) is 60.5 Å². The molecule has 5 nitrogen and oxygen atoms in total. The smallest absolute Gasteiger partial charge is 0.255 e. The van der Waals surface area contributed by atoms with Gasteiger partial charge in [0.15, 0.2) is 6.10 Å². The molecule has 0 aromatic carbocycles. The van der Waals surface area contributed by atoms with Gasteiger partial charge in [-0.15, -0.1) is 0 Å². The predicted molar refractivity (Wildman–Crippen MR) is 66.1 cm³/mol. The molecule has 2 rings (SSSR count). The minimum Gasteiger partial charge on any atom is -0.376 e. The summed E-state index contributed by atoms with van der Waals surface area (Å²) >= 11 is 8.98. The van der Waals surface area contributed by atoms with Gasteiger partial charge in [-0.05, 0) is 22.0 Å². The molecular formula is C10H10BrClN2O3. The molecule has 0 bridgehead atoms. The molecule has 1 N–H and O–H groups in total. The van der Waals surface area contributed by atoms with E-state index in [1.807, 2.05) is 0 Å². The molecule has 0 aliphatic carbocycles. The highest BCUT2D eigenvalue weighted by Gasteiger charge is 2.22. The number of halogens is 2. The lowest BCUT2D eigenvalue weighted by Gasteiger charge is -2.22. The zero-order valence-electron chi connectivity index (χ0n) is 8.78. The highest BCUT2D eigenvalue weighted by molar-refractivity contribution is 9.10. The van der Waals surface area contributed by atoms with Crippen molar-refractivity contribution in [3.63, 3.8) is 0 Å². The molecule has 0 radical (unpaired) electrons. The SMILES string of the molecule is O=C(Nc1cnc(Cl)c(Br)c1)C1COCCO1. The normalized spacial score (nSPS) is 20.0.